The molecule has 2 rings (SSSR count). The van der Waals surface area contributed by atoms with E-state index >= 15 is 0 Å². The molecule has 19 heavy (non-hydrogen) atoms. The van der Waals surface area contributed by atoms with Crippen LogP contribution in [0.5, 0.6) is 0 Å². The summed E-state index contributed by atoms with van der Waals surface area (Å²) in [6.07, 6.45) is 2.20. The van der Waals surface area contributed by atoms with Crippen molar-refractivity contribution in [3.05, 3.63) is 28.2 Å². The maximum absolute atomic E-state index is 11.8. The average Bonchev–Trinajstić information content (AvgIpc) is 2.32. The van der Waals surface area contributed by atoms with Crippen molar-refractivity contribution in [3.63, 3.8) is 0 Å². The van der Waals surface area contributed by atoms with Crippen LogP contribution in [0.4, 0.5) is 5.69 Å². The van der Waals surface area contributed by atoms with E-state index in [1.807, 2.05) is 0 Å². The van der Waals surface area contributed by atoms with Crippen LogP contribution in [0.2, 0.25) is 10.0 Å². The lowest BCUT2D eigenvalue weighted by molar-refractivity contribution is -0.115. The summed E-state index contributed by atoms with van der Waals surface area (Å²) >= 11 is 12.0. The van der Waals surface area contributed by atoms with Gasteiger partial charge in [0, 0.05) is 13.2 Å². The summed E-state index contributed by atoms with van der Waals surface area (Å²) in [5, 5.41) is 6.74. The van der Waals surface area contributed by atoms with Gasteiger partial charge in [-0.2, -0.15) is 0 Å². The van der Waals surface area contributed by atoms with Gasteiger partial charge >= 0.3 is 0 Å². The molecule has 4 nitrogen and oxygen atoms in total. The number of carbonyl (C=O) groups is 1. The van der Waals surface area contributed by atoms with Gasteiger partial charge < -0.3 is 15.4 Å². The lowest BCUT2D eigenvalue weighted by Crippen LogP contribution is -2.47. The van der Waals surface area contributed by atoms with Crippen LogP contribution in [0.25, 0.3) is 0 Å². The minimum absolute atomic E-state index is 0.157. The second-order valence-electron chi connectivity index (χ2n) is 4.55. The zero-order valence-electron chi connectivity index (χ0n) is 10.6. The van der Waals surface area contributed by atoms with Crippen molar-refractivity contribution < 1.29 is 9.53 Å². The summed E-state index contributed by atoms with van der Waals surface area (Å²) in [6, 6.07) is 5.45. The molecule has 0 bridgehead atoms. The van der Waals surface area contributed by atoms with Crippen molar-refractivity contribution in [2.45, 2.75) is 25.0 Å². The third kappa shape index (κ3) is 3.83. The molecule has 0 heterocycles. The molecule has 2 N–H and O–H groups in total. The van der Waals surface area contributed by atoms with Crippen molar-refractivity contribution in [2.75, 3.05) is 19.0 Å². The van der Waals surface area contributed by atoms with Gasteiger partial charge in [0.15, 0.2) is 0 Å². The number of anilines is 1. The van der Waals surface area contributed by atoms with Crippen molar-refractivity contribution in [2.24, 2.45) is 0 Å². The van der Waals surface area contributed by atoms with E-state index in [0.29, 0.717) is 27.9 Å². The molecule has 1 fully saturated rings. The Kier molecular flexibility index (Phi) is 5.05. The molecule has 1 aromatic rings. The van der Waals surface area contributed by atoms with Crippen LogP contribution >= 0.6 is 23.2 Å². The molecule has 1 aliphatic carbocycles. The number of halogens is 2. The van der Waals surface area contributed by atoms with E-state index in [9.17, 15) is 4.79 Å². The molecule has 0 atom stereocenters. The predicted molar refractivity (Wildman–Crippen MR) is 76.9 cm³/mol. The van der Waals surface area contributed by atoms with Crippen molar-refractivity contribution in [1.82, 2.24) is 5.32 Å². The lowest BCUT2D eigenvalue weighted by Gasteiger charge is -2.34. The van der Waals surface area contributed by atoms with E-state index < -0.39 is 0 Å². The Morgan fingerprint density at radius 1 is 1.37 bits per heavy atom. The van der Waals surface area contributed by atoms with Crippen LogP contribution in [0.15, 0.2) is 18.2 Å². The fourth-order valence-electron chi connectivity index (χ4n) is 1.96. The van der Waals surface area contributed by atoms with Crippen LogP contribution in [0, 0.1) is 0 Å². The normalized spacial score (nSPS) is 21.8. The fraction of sp³-hybridized carbons (Fsp3) is 0.462. The first-order valence-corrected chi connectivity index (χ1v) is 6.85. The number of hydrogen-bond donors (Lipinski definition) is 2. The van der Waals surface area contributed by atoms with E-state index in [0.717, 1.165) is 12.8 Å². The highest BCUT2D eigenvalue weighted by Crippen LogP contribution is 2.29. The van der Waals surface area contributed by atoms with Crippen molar-refractivity contribution >= 4 is 34.8 Å². The number of amides is 1. The summed E-state index contributed by atoms with van der Waals surface area (Å²) < 4.78 is 5.17. The minimum Gasteiger partial charge on any atom is -0.381 e. The SMILES string of the molecule is COC1CC(NCC(=O)Nc2c(Cl)cccc2Cl)C1. The quantitative estimate of drug-likeness (QED) is 0.879. The third-order valence-corrected chi connectivity index (χ3v) is 3.84. The Balaban J connectivity index is 1.79. The standard InChI is InChI=1S/C13H16Cl2N2O2/c1-19-9-5-8(6-9)16-7-12(18)17-13-10(14)3-2-4-11(13)15/h2-4,8-9,16H,5-7H2,1H3,(H,17,18). The predicted octanol–water partition coefficient (Wildman–Crippen LogP) is 2.70. The Bertz CT molecular complexity index is 442. The number of hydrogen-bond acceptors (Lipinski definition) is 3. The molecule has 0 radical (unpaired) electrons. The summed E-state index contributed by atoms with van der Waals surface area (Å²) in [4.78, 5) is 11.8. The molecular formula is C13H16Cl2N2O2. The monoisotopic (exact) mass is 302 g/mol. The lowest BCUT2D eigenvalue weighted by atomic mass is 9.89. The van der Waals surface area contributed by atoms with Crippen LogP contribution < -0.4 is 10.6 Å². The van der Waals surface area contributed by atoms with E-state index in [1.54, 1.807) is 25.3 Å². The molecular weight excluding hydrogens is 287 g/mol. The Morgan fingerprint density at radius 3 is 2.58 bits per heavy atom. The van der Waals surface area contributed by atoms with Gasteiger partial charge in [-0.25, -0.2) is 0 Å². The van der Waals surface area contributed by atoms with Crippen LogP contribution in [-0.4, -0.2) is 31.7 Å². The molecule has 0 saturated heterocycles. The Morgan fingerprint density at radius 2 is 2.00 bits per heavy atom. The van der Waals surface area contributed by atoms with Crippen molar-refractivity contribution in [3.8, 4) is 0 Å². The van der Waals surface area contributed by atoms with Gasteiger partial charge in [-0.15, -0.1) is 0 Å². The highest BCUT2D eigenvalue weighted by atomic mass is 35.5. The van der Waals surface area contributed by atoms with Gasteiger partial charge in [-0.3, -0.25) is 4.79 Å². The summed E-state index contributed by atoms with van der Waals surface area (Å²) in [6.45, 7) is 0.239. The van der Waals surface area contributed by atoms with Gasteiger partial charge in [-0.1, -0.05) is 29.3 Å². The minimum atomic E-state index is -0.157. The number of rotatable bonds is 5. The Labute approximate surface area is 122 Å². The zero-order chi connectivity index (χ0) is 13.8. The van der Waals surface area contributed by atoms with Gasteiger partial charge in [0.25, 0.3) is 0 Å². The molecule has 0 unspecified atom stereocenters. The molecule has 104 valence electrons. The first-order chi connectivity index (χ1) is 9.10. The number of benzene rings is 1. The molecule has 0 spiro atoms. The van der Waals surface area contributed by atoms with Crippen LogP contribution in [0.1, 0.15) is 12.8 Å². The first-order valence-electron chi connectivity index (χ1n) is 6.10. The molecule has 0 aliphatic heterocycles. The number of methoxy groups -OCH3 is 1. The molecule has 1 saturated carbocycles. The van der Waals surface area contributed by atoms with E-state index in [2.05, 4.69) is 10.6 Å². The highest BCUT2D eigenvalue weighted by molar-refractivity contribution is 6.39. The second-order valence-corrected chi connectivity index (χ2v) is 5.37. The molecule has 1 aromatic carbocycles. The third-order valence-electron chi connectivity index (χ3n) is 3.21. The van der Waals surface area contributed by atoms with Crippen molar-refractivity contribution in [1.29, 1.82) is 0 Å². The summed E-state index contributed by atoms with van der Waals surface area (Å²) in [5.74, 6) is -0.157. The van der Waals surface area contributed by atoms with E-state index in [-0.39, 0.29) is 12.5 Å². The maximum atomic E-state index is 11.8. The molecule has 6 heteroatoms. The maximum Gasteiger partial charge on any atom is 0.238 e. The topological polar surface area (TPSA) is 50.4 Å². The fourth-order valence-corrected chi connectivity index (χ4v) is 2.45. The number of ether oxygens (including phenoxy) is 1. The second kappa shape index (κ2) is 6.57. The van der Waals surface area contributed by atoms with Gasteiger partial charge in [0.05, 0.1) is 28.4 Å². The number of nitrogens with one attached hydrogen (secondary N) is 2. The Hall–Kier alpha value is -0.810. The van der Waals surface area contributed by atoms with Gasteiger partial charge in [0.2, 0.25) is 5.91 Å². The highest BCUT2D eigenvalue weighted by Gasteiger charge is 2.28. The summed E-state index contributed by atoms with van der Waals surface area (Å²) in [5.41, 5.74) is 0.459. The molecule has 1 amide bonds. The van der Waals surface area contributed by atoms with E-state index in [1.165, 1.54) is 0 Å². The van der Waals surface area contributed by atoms with Crippen LogP contribution in [-0.2, 0) is 9.53 Å². The van der Waals surface area contributed by atoms with Crippen LogP contribution in [0.3, 0.4) is 0 Å². The molecule has 0 aromatic heterocycles. The first kappa shape index (κ1) is 14.6. The number of para-hydroxylation sites is 1. The smallest absolute Gasteiger partial charge is 0.238 e. The average molecular weight is 303 g/mol. The van der Waals surface area contributed by atoms with E-state index in [4.69, 9.17) is 27.9 Å². The number of carbonyl (C=O) groups excluding carboxylic acids is 1. The summed E-state index contributed by atoms with van der Waals surface area (Å²) in [7, 11) is 1.70. The van der Waals surface area contributed by atoms with Gasteiger partial charge in [-0.05, 0) is 25.0 Å². The largest absolute Gasteiger partial charge is 0.381 e. The zero-order valence-corrected chi connectivity index (χ0v) is 12.1. The molecule has 1 aliphatic rings. The van der Waals surface area contributed by atoms with Gasteiger partial charge in [0.1, 0.15) is 0 Å².